The van der Waals surface area contributed by atoms with E-state index >= 15 is 0 Å². The summed E-state index contributed by atoms with van der Waals surface area (Å²) in [7, 11) is 1.44. The molecule has 108 valence electrons. The van der Waals surface area contributed by atoms with E-state index in [2.05, 4.69) is 20.9 Å². The van der Waals surface area contributed by atoms with E-state index in [9.17, 15) is 4.39 Å². The predicted octanol–water partition coefficient (Wildman–Crippen LogP) is 4.91. The molecule has 0 aliphatic rings. The van der Waals surface area contributed by atoms with Crippen molar-refractivity contribution in [1.82, 2.24) is 9.55 Å². The average Bonchev–Trinajstić information content (AvgIpc) is 2.76. The number of rotatable bonds is 2. The molecule has 0 fully saturated rings. The lowest BCUT2D eigenvalue weighted by molar-refractivity contribution is 0.387. The number of imidazole rings is 1. The summed E-state index contributed by atoms with van der Waals surface area (Å²) in [5.74, 6) is -0.231. The second-order valence-electron chi connectivity index (χ2n) is 4.68. The molecule has 3 rings (SSSR count). The number of benzene rings is 2. The van der Waals surface area contributed by atoms with E-state index in [0.29, 0.717) is 10.3 Å². The third-order valence-electron chi connectivity index (χ3n) is 3.37. The lowest BCUT2D eigenvalue weighted by atomic mass is 10.2. The van der Waals surface area contributed by atoms with E-state index in [-0.39, 0.29) is 5.75 Å². The van der Waals surface area contributed by atoms with Crippen molar-refractivity contribution in [2.24, 2.45) is 0 Å². The van der Waals surface area contributed by atoms with Crippen LogP contribution in [-0.2, 0) is 0 Å². The molecule has 6 heteroatoms. The van der Waals surface area contributed by atoms with Crippen LogP contribution in [0, 0.1) is 17.5 Å². The topological polar surface area (TPSA) is 29.9 Å². The molecule has 0 saturated heterocycles. The van der Waals surface area contributed by atoms with Gasteiger partial charge in [-0.1, -0.05) is 12.1 Å². The quantitative estimate of drug-likeness (QED) is 0.653. The van der Waals surface area contributed by atoms with Crippen molar-refractivity contribution in [3.8, 4) is 11.4 Å². The zero-order chi connectivity index (χ0) is 15.1. The van der Waals surface area contributed by atoms with Crippen LogP contribution in [-0.4, -0.2) is 16.7 Å². The highest BCUT2D eigenvalue weighted by Gasteiger charge is 2.14. The number of fused-ring (bicyclic) bond motifs is 1. The highest BCUT2D eigenvalue weighted by atomic mass is 79.9. The Morgan fingerprint density at radius 3 is 2.81 bits per heavy atom. The standard InChI is InChI=1S/C15H12BrFN2OS/c1-8-4-3-5-11(14(8)16)19-12-7-13(20-2)9(17)6-10(12)18-15(19)21/h3-7H,1-2H3,(H,18,21). The molecular weight excluding hydrogens is 355 g/mol. The number of aromatic nitrogens is 2. The molecule has 0 radical (unpaired) electrons. The fourth-order valence-electron chi connectivity index (χ4n) is 2.31. The monoisotopic (exact) mass is 366 g/mol. The first-order valence-electron chi connectivity index (χ1n) is 6.26. The van der Waals surface area contributed by atoms with Gasteiger partial charge in [-0.3, -0.25) is 4.57 Å². The third-order valence-corrected chi connectivity index (χ3v) is 4.68. The number of nitrogens with zero attached hydrogens (tertiary/aromatic N) is 1. The Bertz CT molecular complexity index is 901. The summed E-state index contributed by atoms with van der Waals surface area (Å²) in [6.07, 6.45) is 0. The first-order valence-corrected chi connectivity index (χ1v) is 7.47. The zero-order valence-corrected chi connectivity index (χ0v) is 13.8. The molecule has 0 atom stereocenters. The van der Waals surface area contributed by atoms with Gasteiger partial charge >= 0.3 is 0 Å². The Labute approximate surface area is 134 Å². The van der Waals surface area contributed by atoms with Crippen LogP contribution in [0.15, 0.2) is 34.8 Å². The highest BCUT2D eigenvalue weighted by Crippen LogP contribution is 2.31. The Hall–Kier alpha value is -1.66. The van der Waals surface area contributed by atoms with Gasteiger partial charge in [0, 0.05) is 16.6 Å². The normalized spacial score (nSPS) is 11.0. The van der Waals surface area contributed by atoms with E-state index in [4.69, 9.17) is 17.0 Å². The first-order chi connectivity index (χ1) is 10.0. The minimum absolute atomic E-state index is 0.189. The maximum atomic E-state index is 13.8. The number of H-pyrrole nitrogens is 1. The molecule has 1 heterocycles. The maximum Gasteiger partial charge on any atom is 0.182 e. The van der Waals surface area contributed by atoms with E-state index in [0.717, 1.165) is 21.2 Å². The van der Waals surface area contributed by atoms with Crippen LogP contribution in [0.2, 0.25) is 0 Å². The largest absolute Gasteiger partial charge is 0.494 e. The summed E-state index contributed by atoms with van der Waals surface area (Å²) in [5, 5.41) is 0. The van der Waals surface area contributed by atoms with Crippen molar-refractivity contribution in [2.75, 3.05) is 7.11 Å². The molecule has 1 aromatic heterocycles. The molecule has 0 bridgehead atoms. The van der Waals surface area contributed by atoms with Crippen LogP contribution in [0.3, 0.4) is 0 Å². The maximum absolute atomic E-state index is 13.8. The number of methoxy groups -OCH3 is 1. The number of ether oxygens (including phenoxy) is 1. The number of aryl methyl sites for hydroxylation is 1. The van der Waals surface area contributed by atoms with Crippen LogP contribution < -0.4 is 4.74 Å². The Morgan fingerprint density at radius 1 is 1.33 bits per heavy atom. The molecule has 1 N–H and O–H groups in total. The molecule has 0 saturated carbocycles. The lowest BCUT2D eigenvalue weighted by Crippen LogP contribution is -1.97. The van der Waals surface area contributed by atoms with Crippen molar-refractivity contribution in [1.29, 1.82) is 0 Å². The smallest absolute Gasteiger partial charge is 0.182 e. The van der Waals surface area contributed by atoms with E-state index in [1.54, 1.807) is 6.07 Å². The fraction of sp³-hybridized carbons (Fsp3) is 0.133. The SMILES string of the molecule is COc1cc2c(cc1F)[nH]c(=S)n2-c1cccc(C)c1Br. The van der Waals surface area contributed by atoms with Gasteiger partial charge in [-0.25, -0.2) is 4.39 Å². The summed E-state index contributed by atoms with van der Waals surface area (Å²) >= 11 is 8.97. The number of halogens is 2. The van der Waals surface area contributed by atoms with Gasteiger partial charge in [0.05, 0.1) is 23.8 Å². The van der Waals surface area contributed by atoms with Crippen molar-refractivity contribution in [3.63, 3.8) is 0 Å². The van der Waals surface area contributed by atoms with Gasteiger partial charge in [0.1, 0.15) is 0 Å². The molecule has 0 aliphatic heterocycles. The molecule has 3 nitrogen and oxygen atoms in total. The Balaban J connectivity index is 2.39. The second kappa shape index (κ2) is 5.27. The number of aromatic amines is 1. The fourth-order valence-corrected chi connectivity index (χ4v) is 3.06. The first kappa shape index (κ1) is 14.3. The van der Waals surface area contributed by atoms with Gasteiger partial charge in [-0.05, 0) is 46.7 Å². The van der Waals surface area contributed by atoms with Gasteiger partial charge in [0.2, 0.25) is 0 Å². The summed E-state index contributed by atoms with van der Waals surface area (Å²) in [4.78, 5) is 3.03. The van der Waals surface area contributed by atoms with Gasteiger partial charge in [-0.15, -0.1) is 0 Å². The number of hydrogen-bond donors (Lipinski definition) is 1. The van der Waals surface area contributed by atoms with E-state index < -0.39 is 5.82 Å². The summed E-state index contributed by atoms with van der Waals surface area (Å²) < 4.78 is 22.2. The summed E-state index contributed by atoms with van der Waals surface area (Å²) in [6.45, 7) is 2.01. The van der Waals surface area contributed by atoms with Gasteiger partial charge < -0.3 is 9.72 Å². The Morgan fingerprint density at radius 2 is 2.10 bits per heavy atom. The van der Waals surface area contributed by atoms with Gasteiger partial charge in [-0.2, -0.15) is 0 Å². The van der Waals surface area contributed by atoms with Crippen LogP contribution in [0.25, 0.3) is 16.7 Å². The summed E-state index contributed by atoms with van der Waals surface area (Å²) in [5.41, 5.74) is 3.40. The van der Waals surface area contributed by atoms with Crippen LogP contribution in [0.4, 0.5) is 4.39 Å². The van der Waals surface area contributed by atoms with Crippen molar-refractivity contribution >= 4 is 39.2 Å². The lowest BCUT2D eigenvalue weighted by Gasteiger charge is -2.10. The van der Waals surface area contributed by atoms with Crippen LogP contribution in [0.5, 0.6) is 5.75 Å². The van der Waals surface area contributed by atoms with Crippen molar-refractivity contribution in [2.45, 2.75) is 6.92 Å². The Kier molecular flexibility index (Phi) is 3.59. The number of nitrogens with one attached hydrogen (secondary N) is 1. The molecule has 2 aromatic carbocycles. The minimum Gasteiger partial charge on any atom is -0.494 e. The number of hydrogen-bond acceptors (Lipinski definition) is 2. The van der Waals surface area contributed by atoms with E-state index in [1.165, 1.54) is 13.2 Å². The van der Waals surface area contributed by atoms with E-state index in [1.807, 2.05) is 29.7 Å². The molecule has 0 unspecified atom stereocenters. The molecule has 21 heavy (non-hydrogen) atoms. The molecular formula is C15H12BrFN2OS. The summed E-state index contributed by atoms with van der Waals surface area (Å²) in [6, 6.07) is 8.95. The minimum atomic E-state index is -0.420. The second-order valence-corrected chi connectivity index (χ2v) is 5.86. The molecule has 0 aliphatic carbocycles. The molecule has 0 spiro atoms. The van der Waals surface area contributed by atoms with Gasteiger partial charge in [0.15, 0.2) is 16.3 Å². The zero-order valence-electron chi connectivity index (χ0n) is 11.4. The molecule has 3 aromatic rings. The predicted molar refractivity (Wildman–Crippen MR) is 87.4 cm³/mol. The van der Waals surface area contributed by atoms with Crippen LogP contribution >= 0.6 is 28.1 Å². The van der Waals surface area contributed by atoms with Gasteiger partial charge in [0.25, 0.3) is 0 Å². The highest BCUT2D eigenvalue weighted by molar-refractivity contribution is 9.10. The van der Waals surface area contributed by atoms with Crippen molar-refractivity contribution in [3.05, 3.63) is 51.0 Å². The third kappa shape index (κ3) is 2.28. The average molecular weight is 367 g/mol. The van der Waals surface area contributed by atoms with Crippen molar-refractivity contribution < 1.29 is 9.13 Å². The molecule has 0 amide bonds. The van der Waals surface area contributed by atoms with Crippen LogP contribution in [0.1, 0.15) is 5.56 Å².